The number of hydrogen-bond acceptors (Lipinski definition) is 4. The summed E-state index contributed by atoms with van der Waals surface area (Å²) in [5, 5.41) is 0. The van der Waals surface area contributed by atoms with Crippen molar-refractivity contribution in [1.29, 1.82) is 0 Å². The van der Waals surface area contributed by atoms with Gasteiger partial charge in [0.05, 0.1) is 19.6 Å². The molecule has 1 aromatic rings. The van der Waals surface area contributed by atoms with Crippen molar-refractivity contribution >= 4 is 21.6 Å². The van der Waals surface area contributed by atoms with E-state index in [2.05, 4.69) is 9.08 Å². The minimum absolute atomic E-state index is 0.154. The molecule has 0 heterocycles. The predicted molar refractivity (Wildman–Crippen MR) is 77.3 cm³/mol. The minimum atomic E-state index is -2.52. The molecule has 0 amide bonds. The molecule has 0 aromatic heterocycles. The topological polar surface area (TPSA) is 67.8 Å². The molecule has 0 saturated carbocycles. The summed E-state index contributed by atoms with van der Waals surface area (Å²) < 4.78 is 24.3. The summed E-state index contributed by atoms with van der Waals surface area (Å²) >= 11 is 0. The zero-order valence-electron chi connectivity index (χ0n) is 11.3. The molecule has 0 saturated heterocycles. The van der Waals surface area contributed by atoms with Crippen LogP contribution in [0.5, 0.6) is 0 Å². The lowest BCUT2D eigenvalue weighted by atomic mass is 10.3. The van der Waals surface area contributed by atoms with E-state index in [9.17, 15) is 9.00 Å². The van der Waals surface area contributed by atoms with E-state index in [1.807, 2.05) is 30.3 Å². The third kappa shape index (κ3) is 5.74. The maximum atomic E-state index is 12.4. The summed E-state index contributed by atoms with van der Waals surface area (Å²) in [6.07, 6.45) is 0.154. The van der Waals surface area contributed by atoms with Crippen LogP contribution in [-0.2, 0) is 19.4 Å². The van der Waals surface area contributed by atoms with Crippen molar-refractivity contribution in [3.8, 4) is 0 Å². The molecule has 0 aliphatic carbocycles. The van der Waals surface area contributed by atoms with Gasteiger partial charge >= 0.3 is 5.97 Å². The molecule has 0 aliphatic heterocycles. The number of nitrogens with one attached hydrogen (secondary N) is 1. The molecule has 1 aromatic carbocycles. The number of benzene rings is 1. The fraction of sp³-hybridized carbons (Fsp3) is 0.462. The van der Waals surface area contributed by atoms with Gasteiger partial charge in [-0.25, -0.2) is 8.57 Å². The van der Waals surface area contributed by atoms with Crippen molar-refractivity contribution in [3.05, 3.63) is 30.3 Å². The normalized spacial score (nSPS) is 13.4. The van der Waals surface area contributed by atoms with Crippen molar-refractivity contribution in [2.45, 2.75) is 20.3 Å². The van der Waals surface area contributed by atoms with Gasteiger partial charge in [-0.15, -0.1) is 0 Å². The van der Waals surface area contributed by atoms with Crippen LogP contribution in [0.2, 0.25) is 0 Å². The zero-order valence-corrected chi connectivity index (χ0v) is 12.1. The van der Waals surface area contributed by atoms with Gasteiger partial charge in [0.1, 0.15) is 9.92 Å². The first kappa shape index (κ1) is 15.5. The van der Waals surface area contributed by atoms with E-state index in [1.165, 1.54) is 0 Å². The lowest BCUT2D eigenvalue weighted by Crippen LogP contribution is -2.16. The van der Waals surface area contributed by atoms with Crippen LogP contribution in [0.3, 0.4) is 0 Å². The molecule has 5 nitrogen and oxygen atoms in total. The molecule has 106 valence electrons. The highest BCUT2D eigenvalue weighted by molar-refractivity contribution is 7.94. The number of carbonyl (C=O) groups is 1. The van der Waals surface area contributed by atoms with E-state index in [0.29, 0.717) is 12.4 Å². The van der Waals surface area contributed by atoms with E-state index in [1.54, 1.807) is 13.8 Å². The van der Waals surface area contributed by atoms with Gasteiger partial charge in [-0.2, -0.15) is 0 Å². The van der Waals surface area contributed by atoms with E-state index >= 15 is 0 Å². The van der Waals surface area contributed by atoms with Crippen molar-refractivity contribution < 1.29 is 13.7 Å². The van der Waals surface area contributed by atoms with Crippen LogP contribution in [-0.4, -0.2) is 29.1 Å². The second-order valence-electron chi connectivity index (χ2n) is 3.80. The Morgan fingerprint density at radius 1 is 1.32 bits per heavy atom. The molecule has 1 rings (SSSR count). The SMILES string of the molecule is CCOC(=O)CCN=S(=O)(CC)Nc1ccccc1. The molecule has 1 N–H and O–H groups in total. The number of rotatable bonds is 7. The second kappa shape index (κ2) is 7.78. The maximum Gasteiger partial charge on any atom is 0.307 e. The third-order valence-electron chi connectivity index (χ3n) is 2.36. The van der Waals surface area contributed by atoms with Gasteiger partial charge in [0.2, 0.25) is 0 Å². The first-order valence-corrected chi connectivity index (χ1v) is 7.97. The van der Waals surface area contributed by atoms with Gasteiger partial charge in [-0.1, -0.05) is 25.1 Å². The first-order chi connectivity index (χ1) is 9.09. The summed E-state index contributed by atoms with van der Waals surface area (Å²) in [5.41, 5.74) is 0.759. The quantitative estimate of drug-likeness (QED) is 0.782. The maximum absolute atomic E-state index is 12.4. The third-order valence-corrected chi connectivity index (χ3v) is 4.30. The summed E-state index contributed by atoms with van der Waals surface area (Å²) in [6, 6.07) is 9.26. The fourth-order valence-electron chi connectivity index (χ4n) is 1.40. The molecular formula is C13H20N2O3S. The Bertz CT molecular complexity index is 508. The Balaban J connectivity index is 2.64. The van der Waals surface area contributed by atoms with Crippen molar-refractivity contribution in [2.24, 2.45) is 4.36 Å². The number of para-hydroxylation sites is 1. The summed E-state index contributed by atoms with van der Waals surface area (Å²) in [4.78, 5) is 11.2. The predicted octanol–water partition coefficient (Wildman–Crippen LogP) is 2.45. The lowest BCUT2D eigenvalue weighted by Gasteiger charge is -2.11. The molecule has 0 fully saturated rings. The van der Waals surface area contributed by atoms with Crippen LogP contribution in [0.4, 0.5) is 5.69 Å². The van der Waals surface area contributed by atoms with Crippen molar-refractivity contribution in [3.63, 3.8) is 0 Å². The average Bonchev–Trinajstić information content (AvgIpc) is 2.40. The van der Waals surface area contributed by atoms with Crippen LogP contribution >= 0.6 is 0 Å². The summed E-state index contributed by atoms with van der Waals surface area (Å²) in [7, 11) is -2.52. The standard InChI is InChI=1S/C13H20N2O3S/c1-3-18-13(16)10-11-14-19(17,4-2)15-12-8-6-5-7-9-12/h5-9H,3-4,10-11H2,1-2H3,(H,14,15,17). The molecule has 1 unspecified atom stereocenters. The Kier molecular flexibility index (Phi) is 6.35. The van der Waals surface area contributed by atoms with Crippen molar-refractivity contribution in [2.75, 3.05) is 23.6 Å². The van der Waals surface area contributed by atoms with Gasteiger partial charge in [-0.05, 0) is 19.1 Å². The average molecular weight is 284 g/mol. The number of ether oxygens (including phenoxy) is 1. The van der Waals surface area contributed by atoms with Gasteiger partial charge in [0.15, 0.2) is 0 Å². The van der Waals surface area contributed by atoms with E-state index in [4.69, 9.17) is 4.74 Å². The van der Waals surface area contributed by atoms with Crippen LogP contribution in [0.1, 0.15) is 20.3 Å². The Hall–Kier alpha value is -1.56. The fourth-order valence-corrected chi connectivity index (χ4v) is 2.69. The highest BCUT2D eigenvalue weighted by atomic mass is 32.2. The molecule has 0 spiro atoms. The number of esters is 1. The number of carbonyl (C=O) groups excluding carboxylic acids is 1. The lowest BCUT2D eigenvalue weighted by molar-refractivity contribution is -0.142. The van der Waals surface area contributed by atoms with Gasteiger partial charge < -0.3 is 4.74 Å². The van der Waals surface area contributed by atoms with Crippen LogP contribution in [0.15, 0.2) is 34.7 Å². The largest absolute Gasteiger partial charge is 0.466 e. The molecular weight excluding hydrogens is 264 g/mol. The van der Waals surface area contributed by atoms with Crippen LogP contribution < -0.4 is 4.72 Å². The highest BCUT2D eigenvalue weighted by Gasteiger charge is 2.07. The first-order valence-electron chi connectivity index (χ1n) is 6.28. The van der Waals surface area contributed by atoms with E-state index < -0.39 is 9.92 Å². The van der Waals surface area contributed by atoms with Crippen LogP contribution in [0.25, 0.3) is 0 Å². The summed E-state index contributed by atoms with van der Waals surface area (Å²) in [5.74, 6) is 0.0638. The van der Waals surface area contributed by atoms with Crippen molar-refractivity contribution in [1.82, 2.24) is 0 Å². The number of nitrogens with zero attached hydrogens (tertiary/aromatic N) is 1. The zero-order chi connectivity index (χ0) is 14.1. The molecule has 0 bridgehead atoms. The minimum Gasteiger partial charge on any atom is -0.466 e. The van der Waals surface area contributed by atoms with Crippen LogP contribution in [0, 0.1) is 0 Å². The Labute approximate surface area is 114 Å². The monoisotopic (exact) mass is 284 g/mol. The molecule has 19 heavy (non-hydrogen) atoms. The Morgan fingerprint density at radius 3 is 2.58 bits per heavy atom. The van der Waals surface area contributed by atoms with E-state index in [-0.39, 0.29) is 18.9 Å². The molecule has 1 atom stereocenters. The number of anilines is 1. The van der Waals surface area contributed by atoms with Gasteiger partial charge in [0, 0.05) is 11.4 Å². The Morgan fingerprint density at radius 2 is 2.00 bits per heavy atom. The molecule has 6 heteroatoms. The smallest absolute Gasteiger partial charge is 0.307 e. The van der Waals surface area contributed by atoms with Gasteiger partial charge in [-0.3, -0.25) is 9.52 Å². The van der Waals surface area contributed by atoms with E-state index in [0.717, 1.165) is 5.69 Å². The number of hydrogen-bond donors (Lipinski definition) is 1. The molecule has 0 radical (unpaired) electrons. The van der Waals surface area contributed by atoms with Gasteiger partial charge in [0.25, 0.3) is 0 Å². The second-order valence-corrected chi connectivity index (χ2v) is 6.13. The highest BCUT2D eigenvalue weighted by Crippen LogP contribution is 2.09. The molecule has 0 aliphatic rings. The summed E-state index contributed by atoms with van der Waals surface area (Å²) in [6.45, 7) is 4.10.